The van der Waals surface area contributed by atoms with E-state index in [2.05, 4.69) is 0 Å². The molecular formula is C23H19Cl2FN2O. The third-order valence-corrected chi connectivity index (χ3v) is 5.38. The Morgan fingerprint density at radius 1 is 1.07 bits per heavy atom. The summed E-state index contributed by atoms with van der Waals surface area (Å²) >= 11 is 12.6. The van der Waals surface area contributed by atoms with Gasteiger partial charge in [0.05, 0.1) is 29.1 Å². The van der Waals surface area contributed by atoms with Crippen LogP contribution in [0.3, 0.4) is 0 Å². The van der Waals surface area contributed by atoms with Gasteiger partial charge in [-0.25, -0.2) is 4.39 Å². The van der Waals surface area contributed by atoms with E-state index in [1.165, 1.54) is 6.07 Å². The minimum absolute atomic E-state index is 0.274. The van der Waals surface area contributed by atoms with Gasteiger partial charge in [-0.2, -0.15) is 5.10 Å². The minimum atomic E-state index is -0.325. The maximum Gasteiger partial charge on any atom is 0.128 e. The summed E-state index contributed by atoms with van der Waals surface area (Å²) in [6, 6.07) is 19.4. The van der Waals surface area contributed by atoms with E-state index in [0.717, 1.165) is 17.0 Å². The number of hydrazone groups is 1. The largest absolute Gasteiger partial charge is 0.494 e. The lowest BCUT2D eigenvalue weighted by Crippen LogP contribution is -2.20. The monoisotopic (exact) mass is 428 g/mol. The lowest BCUT2D eigenvalue weighted by Gasteiger charge is -2.25. The molecule has 1 unspecified atom stereocenters. The van der Waals surface area contributed by atoms with Gasteiger partial charge in [-0.15, -0.1) is 0 Å². The Morgan fingerprint density at radius 2 is 1.83 bits per heavy atom. The van der Waals surface area contributed by atoms with Crippen LogP contribution in [-0.4, -0.2) is 12.3 Å². The molecule has 3 nitrogen and oxygen atoms in total. The van der Waals surface area contributed by atoms with E-state index < -0.39 is 0 Å². The molecule has 0 saturated carbocycles. The number of rotatable bonds is 5. The highest BCUT2D eigenvalue weighted by Crippen LogP contribution is 2.41. The number of nitrogens with zero attached hydrogens (tertiary/aromatic N) is 2. The highest BCUT2D eigenvalue weighted by Gasteiger charge is 2.32. The normalized spacial score (nSPS) is 16.1. The van der Waals surface area contributed by atoms with Gasteiger partial charge in [0.2, 0.25) is 0 Å². The topological polar surface area (TPSA) is 24.8 Å². The third kappa shape index (κ3) is 4.09. The van der Waals surface area contributed by atoms with Crippen molar-refractivity contribution in [1.82, 2.24) is 0 Å². The first kappa shape index (κ1) is 19.7. The summed E-state index contributed by atoms with van der Waals surface area (Å²) in [5.74, 6) is 0.527. The first-order chi connectivity index (χ1) is 14.1. The van der Waals surface area contributed by atoms with E-state index in [9.17, 15) is 4.39 Å². The van der Waals surface area contributed by atoms with Gasteiger partial charge in [-0.05, 0) is 61.0 Å². The van der Waals surface area contributed by atoms with Gasteiger partial charge < -0.3 is 4.74 Å². The van der Waals surface area contributed by atoms with Crippen LogP contribution >= 0.6 is 23.2 Å². The first-order valence-electron chi connectivity index (χ1n) is 9.36. The maximum atomic E-state index is 14.6. The van der Waals surface area contributed by atoms with Crippen molar-refractivity contribution in [3.8, 4) is 5.75 Å². The van der Waals surface area contributed by atoms with E-state index in [1.807, 2.05) is 37.3 Å². The fourth-order valence-electron chi connectivity index (χ4n) is 3.47. The van der Waals surface area contributed by atoms with Crippen molar-refractivity contribution in [2.24, 2.45) is 5.10 Å². The zero-order valence-corrected chi connectivity index (χ0v) is 17.3. The van der Waals surface area contributed by atoms with Gasteiger partial charge >= 0.3 is 0 Å². The van der Waals surface area contributed by atoms with Crippen LogP contribution in [-0.2, 0) is 0 Å². The van der Waals surface area contributed by atoms with E-state index in [-0.39, 0.29) is 11.9 Å². The third-order valence-electron chi connectivity index (χ3n) is 4.83. The molecule has 6 heteroatoms. The Balaban J connectivity index is 1.76. The molecule has 1 aliphatic rings. The van der Waals surface area contributed by atoms with Gasteiger partial charge in [-0.3, -0.25) is 5.01 Å². The van der Waals surface area contributed by atoms with Crippen molar-refractivity contribution in [3.63, 3.8) is 0 Å². The van der Waals surface area contributed by atoms with E-state index in [0.29, 0.717) is 34.3 Å². The molecule has 0 aromatic heterocycles. The quantitative estimate of drug-likeness (QED) is 0.441. The molecule has 1 atom stereocenters. The van der Waals surface area contributed by atoms with Crippen LogP contribution in [0.4, 0.5) is 10.1 Å². The van der Waals surface area contributed by atoms with Crippen LogP contribution in [0.1, 0.15) is 30.5 Å². The Hall–Kier alpha value is -2.56. The van der Waals surface area contributed by atoms with Crippen LogP contribution in [0.5, 0.6) is 5.75 Å². The molecule has 29 heavy (non-hydrogen) atoms. The number of benzene rings is 3. The highest BCUT2D eigenvalue weighted by atomic mass is 35.5. The Kier molecular flexibility index (Phi) is 5.74. The molecular weight excluding hydrogens is 410 g/mol. The lowest BCUT2D eigenvalue weighted by molar-refractivity contribution is 0.340. The Bertz CT molecular complexity index is 1050. The number of anilines is 1. The molecule has 3 aromatic rings. The standard InChI is InChI=1S/C23H19Cl2FN2O/c1-2-29-17-10-7-15(8-11-17)21-14-22(18-5-3-4-6-20(18)26)28(27-21)23-13-16(24)9-12-19(23)25/h3-13,22H,2,14H2,1H3. The van der Waals surface area contributed by atoms with E-state index in [1.54, 1.807) is 35.3 Å². The zero-order valence-electron chi connectivity index (χ0n) is 15.8. The number of ether oxygens (including phenoxy) is 1. The molecule has 4 rings (SSSR count). The second kappa shape index (κ2) is 8.44. The molecule has 1 heterocycles. The molecule has 0 spiro atoms. The van der Waals surface area contributed by atoms with Gasteiger partial charge in [0, 0.05) is 17.0 Å². The summed E-state index contributed by atoms with van der Waals surface area (Å²) in [5, 5.41) is 7.62. The predicted octanol–water partition coefficient (Wildman–Crippen LogP) is 6.89. The van der Waals surface area contributed by atoms with Gasteiger partial charge in [0.25, 0.3) is 0 Å². The van der Waals surface area contributed by atoms with Crippen LogP contribution < -0.4 is 9.75 Å². The average Bonchev–Trinajstić information content (AvgIpc) is 3.16. The number of halogens is 3. The predicted molar refractivity (Wildman–Crippen MR) is 117 cm³/mol. The van der Waals surface area contributed by atoms with Crippen LogP contribution in [0.2, 0.25) is 10.0 Å². The van der Waals surface area contributed by atoms with E-state index >= 15 is 0 Å². The SMILES string of the molecule is CCOc1ccc(C2=NN(c3cc(Cl)ccc3Cl)C(c3ccccc3F)C2)cc1. The Labute approximate surface area is 179 Å². The first-order valence-corrected chi connectivity index (χ1v) is 10.1. The summed E-state index contributed by atoms with van der Waals surface area (Å²) < 4.78 is 20.1. The minimum Gasteiger partial charge on any atom is -0.494 e. The molecule has 1 aliphatic heterocycles. The van der Waals surface area contributed by atoms with Crippen molar-refractivity contribution < 1.29 is 9.13 Å². The zero-order chi connectivity index (χ0) is 20.4. The summed E-state index contributed by atoms with van der Waals surface area (Å²) in [4.78, 5) is 0. The molecule has 0 fully saturated rings. The fraction of sp³-hybridized carbons (Fsp3) is 0.174. The van der Waals surface area contributed by atoms with E-state index in [4.69, 9.17) is 33.0 Å². The second-order valence-electron chi connectivity index (χ2n) is 6.69. The van der Waals surface area contributed by atoms with Gasteiger partial charge in [0.15, 0.2) is 0 Å². The van der Waals surface area contributed by atoms with Gasteiger partial charge in [-0.1, -0.05) is 41.4 Å². The van der Waals surface area contributed by atoms with Gasteiger partial charge in [0.1, 0.15) is 11.6 Å². The van der Waals surface area contributed by atoms with Crippen molar-refractivity contribution in [1.29, 1.82) is 0 Å². The summed E-state index contributed by atoms with van der Waals surface area (Å²) in [6.07, 6.45) is 0.539. The van der Waals surface area contributed by atoms with Crippen LogP contribution in [0.25, 0.3) is 0 Å². The average molecular weight is 429 g/mol. The van der Waals surface area contributed by atoms with Crippen molar-refractivity contribution in [2.45, 2.75) is 19.4 Å². The molecule has 0 amide bonds. The van der Waals surface area contributed by atoms with Crippen LogP contribution in [0.15, 0.2) is 71.8 Å². The maximum absolute atomic E-state index is 14.6. The molecule has 0 saturated heterocycles. The fourth-order valence-corrected chi connectivity index (χ4v) is 3.84. The van der Waals surface area contributed by atoms with Crippen LogP contribution in [0, 0.1) is 5.82 Å². The van der Waals surface area contributed by atoms with Crippen molar-refractivity contribution >= 4 is 34.6 Å². The molecule has 0 radical (unpaired) electrons. The smallest absolute Gasteiger partial charge is 0.128 e. The van der Waals surface area contributed by atoms with Crippen molar-refractivity contribution in [2.75, 3.05) is 11.6 Å². The molecule has 0 N–H and O–H groups in total. The summed E-state index contributed by atoms with van der Waals surface area (Å²) in [5.41, 5.74) is 3.01. The molecule has 3 aromatic carbocycles. The molecule has 148 valence electrons. The summed E-state index contributed by atoms with van der Waals surface area (Å²) in [6.45, 7) is 2.55. The number of hydrogen-bond acceptors (Lipinski definition) is 3. The molecule has 0 aliphatic carbocycles. The Morgan fingerprint density at radius 3 is 2.55 bits per heavy atom. The highest BCUT2D eigenvalue weighted by molar-refractivity contribution is 6.35. The summed E-state index contributed by atoms with van der Waals surface area (Å²) in [7, 11) is 0. The van der Waals surface area contributed by atoms with Crippen molar-refractivity contribution in [3.05, 3.63) is 93.7 Å². The molecule has 0 bridgehead atoms. The number of hydrogen-bond donors (Lipinski definition) is 0. The second-order valence-corrected chi connectivity index (χ2v) is 7.53. The lowest BCUT2D eigenvalue weighted by atomic mass is 9.97.